The van der Waals surface area contributed by atoms with E-state index in [-0.39, 0.29) is 62.8 Å². The van der Waals surface area contributed by atoms with Crippen LogP contribution in [0.25, 0.3) is 0 Å². The number of hydrogen-bond donors (Lipinski definition) is 5. The molecule has 1 aliphatic rings. The maximum absolute atomic E-state index is 15.5. The minimum atomic E-state index is -1.74. The number of aliphatic hydroxyl groups excluding tert-OH is 1. The summed E-state index contributed by atoms with van der Waals surface area (Å²) in [7, 11) is 14.0. The number of nitrogens with one attached hydrogen (secondary N) is 4. The van der Waals surface area contributed by atoms with Crippen molar-refractivity contribution in [2.45, 2.75) is 247 Å². The molecule has 1 aliphatic heterocycles. The molecule has 0 aliphatic carbocycles. The molecular formula is C68H123N13O15. The molecule has 28 heteroatoms. The standard InChI is InChI=1S/C68H123N13O15/c1-28-30-31-43(13)56(82)55-60(86)71-47(29-2)62(88)76(22)51(35-46(81(94)95)37-73(18)19)64(90)78(24)52(36-68(16,17)96-27)59(85)72-53(41(9)10)66(92)74(20)48(32-38(3)4)58(84)69-44(14)57(83)70-45(15)61(87)75(21)49(33-39(5)6)63(89)77(23)50(34-40(7)8)65(91)79(25)54(42(11)12)67(93)80(55)26/h28,30,38-56,82H,29,31-37H2,1-27H3,(H,69,84)(H,70,83)(H,71,86)(H,72,85)/t43-,44+,45-,46?,47+,48+,49+,50+,51-,52+,53+,54+,55+,56-/m1/s1. The van der Waals surface area contributed by atoms with Gasteiger partial charge in [0.2, 0.25) is 71.0 Å². The molecule has 1 fully saturated rings. The van der Waals surface area contributed by atoms with E-state index in [1.54, 1.807) is 88.6 Å². The molecule has 1 rings (SSSR count). The lowest BCUT2D eigenvalue weighted by Crippen LogP contribution is -2.64. The summed E-state index contributed by atoms with van der Waals surface area (Å²) in [4.78, 5) is 187. The number of carbonyl (C=O) groups excluding carboxylic acids is 11. The molecule has 28 nitrogen and oxygen atoms in total. The Morgan fingerprint density at radius 3 is 1.40 bits per heavy atom. The predicted molar refractivity (Wildman–Crippen MR) is 368 cm³/mol. The number of nitro groups is 1. The fraction of sp³-hybridized carbons (Fsp3) is 0.809. The molecule has 5 N–H and O–H groups in total. The minimum absolute atomic E-state index is 0.0869. The molecule has 0 aromatic rings. The lowest BCUT2D eigenvalue weighted by Gasteiger charge is -2.41. The van der Waals surface area contributed by atoms with Crippen molar-refractivity contribution in [2.24, 2.45) is 35.5 Å². The van der Waals surface area contributed by atoms with Gasteiger partial charge in [0.1, 0.15) is 66.5 Å². The molecule has 0 spiro atoms. The fourth-order valence-corrected chi connectivity index (χ4v) is 12.0. The zero-order valence-electron chi connectivity index (χ0n) is 63.0. The Balaban J connectivity index is 4.70. The number of likely N-dealkylation sites (N-methyl/N-ethyl adjacent to an activating group) is 8. The predicted octanol–water partition coefficient (Wildman–Crippen LogP) is 3.00. The molecule has 14 atom stereocenters. The Labute approximate surface area is 572 Å². The van der Waals surface area contributed by atoms with E-state index in [2.05, 4.69) is 21.3 Å². The number of amides is 11. The number of allylic oxidation sites excluding steroid dienone is 2. The number of hydrogen-bond acceptors (Lipinski definition) is 16. The summed E-state index contributed by atoms with van der Waals surface area (Å²) in [5.74, 6) is -11.3. The topological polar surface area (TPSA) is 334 Å². The van der Waals surface area contributed by atoms with Crippen molar-refractivity contribution in [3.63, 3.8) is 0 Å². The van der Waals surface area contributed by atoms with Crippen LogP contribution in [0.15, 0.2) is 12.2 Å². The van der Waals surface area contributed by atoms with Crippen LogP contribution in [0.5, 0.6) is 0 Å². The maximum atomic E-state index is 15.5. The molecular weight excluding hydrogens is 1240 g/mol. The van der Waals surface area contributed by atoms with Crippen molar-refractivity contribution >= 4 is 65.0 Å². The summed E-state index contributed by atoms with van der Waals surface area (Å²) in [5.41, 5.74) is -1.16. The van der Waals surface area contributed by atoms with Crippen LogP contribution in [-0.4, -0.2) is 275 Å². The van der Waals surface area contributed by atoms with E-state index in [0.717, 1.165) is 14.7 Å². The molecule has 0 radical (unpaired) electrons. The van der Waals surface area contributed by atoms with Gasteiger partial charge in [-0.2, -0.15) is 0 Å². The second-order valence-electron chi connectivity index (χ2n) is 29.3. The molecule has 1 heterocycles. The third-order valence-corrected chi connectivity index (χ3v) is 18.3. The number of rotatable bonds is 21. The van der Waals surface area contributed by atoms with Crippen LogP contribution in [0.1, 0.15) is 163 Å². The molecule has 0 saturated carbocycles. The molecule has 550 valence electrons. The van der Waals surface area contributed by atoms with Gasteiger partial charge in [-0.3, -0.25) is 62.9 Å². The van der Waals surface area contributed by atoms with Gasteiger partial charge < -0.3 is 70.3 Å². The quantitative estimate of drug-likeness (QED) is 0.0627. The summed E-state index contributed by atoms with van der Waals surface area (Å²) in [5, 5.41) is 36.1. The third kappa shape index (κ3) is 24.3. The van der Waals surface area contributed by atoms with Crippen molar-refractivity contribution in [1.29, 1.82) is 0 Å². The average Bonchev–Trinajstić information content (AvgIpc) is 0.841. The van der Waals surface area contributed by atoms with Gasteiger partial charge in [-0.25, -0.2) is 0 Å². The van der Waals surface area contributed by atoms with Gasteiger partial charge in [0.25, 0.3) is 0 Å². The molecule has 0 aromatic heterocycles. The highest BCUT2D eigenvalue weighted by atomic mass is 16.6. The highest BCUT2D eigenvalue weighted by molar-refractivity contribution is 6.00. The second kappa shape index (κ2) is 39.0. The van der Waals surface area contributed by atoms with Crippen molar-refractivity contribution < 1.29 is 67.5 Å². The summed E-state index contributed by atoms with van der Waals surface area (Å²) in [6.07, 6.45) is 1.49. The van der Waals surface area contributed by atoms with Crippen molar-refractivity contribution in [1.82, 2.24) is 60.5 Å². The van der Waals surface area contributed by atoms with Crippen molar-refractivity contribution in [2.75, 3.05) is 77.1 Å². The van der Waals surface area contributed by atoms with Crippen LogP contribution in [0.4, 0.5) is 0 Å². The average molecular weight is 1360 g/mol. The van der Waals surface area contributed by atoms with Crippen molar-refractivity contribution in [3.8, 4) is 0 Å². The smallest absolute Gasteiger partial charge is 0.246 e. The lowest BCUT2D eigenvalue weighted by molar-refractivity contribution is -0.524. The molecule has 0 bridgehead atoms. The van der Waals surface area contributed by atoms with E-state index in [9.17, 15) is 34.4 Å². The maximum Gasteiger partial charge on any atom is 0.246 e. The van der Waals surface area contributed by atoms with E-state index >= 15 is 33.6 Å². The van der Waals surface area contributed by atoms with Crippen LogP contribution < -0.4 is 21.3 Å². The number of carbonyl (C=O) groups is 11. The van der Waals surface area contributed by atoms with Crippen LogP contribution in [0.2, 0.25) is 0 Å². The first-order valence-corrected chi connectivity index (χ1v) is 33.9. The van der Waals surface area contributed by atoms with Gasteiger partial charge >= 0.3 is 0 Å². The monoisotopic (exact) mass is 1360 g/mol. The normalized spacial score (nSPS) is 26.5. The van der Waals surface area contributed by atoms with Crippen molar-refractivity contribution in [3.05, 3.63) is 22.3 Å². The number of aliphatic hydroxyl groups is 1. The Morgan fingerprint density at radius 2 is 0.958 bits per heavy atom. The molecule has 96 heavy (non-hydrogen) atoms. The molecule has 0 aromatic carbocycles. The number of nitrogens with zero attached hydrogens (tertiary/aromatic N) is 9. The van der Waals surface area contributed by atoms with Crippen LogP contribution in [-0.2, 0) is 57.5 Å². The Morgan fingerprint density at radius 1 is 0.542 bits per heavy atom. The lowest BCUT2D eigenvalue weighted by atomic mass is 9.91. The second-order valence-corrected chi connectivity index (χ2v) is 29.3. The molecule has 11 amide bonds. The first kappa shape index (κ1) is 87.2. The first-order chi connectivity index (χ1) is 44.2. The Bertz CT molecular complexity index is 2690. The third-order valence-electron chi connectivity index (χ3n) is 18.3. The van der Waals surface area contributed by atoms with E-state index in [0.29, 0.717) is 0 Å². The van der Waals surface area contributed by atoms with Gasteiger partial charge in [-0.05, 0) is 116 Å². The van der Waals surface area contributed by atoms with Gasteiger partial charge in [0.15, 0.2) is 0 Å². The zero-order chi connectivity index (χ0) is 74.6. The fourth-order valence-electron chi connectivity index (χ4n) is 12.0. The highest BCUT2D eigenvalue weighted by Crippen LogP contribution is 2.27. The molecule has 1 unspecified atom stereocenters. The number of methoxy groups -OCH3 is 1. The summed E-state index contributed by atoms with van der Waals surface area (Å²) >= 11 is 0. The zero-order valence-corrected chi connectivity index (χ0v) is 63.0. The van der Waals surface area contributed by atoms with Gasteiger partial charge in [0, 0.05) is 74.2 Å². The van der Waals surface area contributed by atoms with E-state index in [1.165, 1.54) is 94.8 Å². The largest absolute Gasteiger partial charge is 0.390 e. The van der Waals surface area contributed by atoms with Gasteiger partial charge in [0.05, 0.1) is 18.2 Å². The van der Waals surface area contributed by atoms with Crippen LogP contribution in [0, 0.1) is 45.6 Å². The van der Waals surface area contributed by atoms with Gasteiger partial charge in [-0.15, -0.1) is 0 Å². The summed E-state index contributed by atoms with van der Waals surface area (Å²) < 4.78 is 5.78. The van der Waals surface area contributed by atoms with Crippen LogP contribution >= 0.6 is 0 Å². The summed E-state index contributed by atoms with van der Waals surface area (Å²) in [6.45, 7) is 28.7. The first-order valence-electron chi connectivity index (χ1n) is 33.9. The van der Waals surface area contributed by atoms with E-state index in [4.69, 9.17) is 4.74 Å². The SMILES string of the molecule is CC=CC[C@@H](C)[C@@H](O)[C@H]1C(=O)N[C@@H](CC)C(=O)N(C)[C@H](CC(CN(C)C)[N+](=O)[O-])C(=O)N(C)[C@@H](CC(C)(C)OC)C(=O)N[C@@H](C(C)C)C(=O)N(C)[C@@H](CC(C)C)C(=O)N[C@@H](C)C(=O)N[C@H](C)C(=O)N(C)[C@@H](CC(C)C)C(=O)N(C)[C@@H](CC(C)C)C(=O)N(C)[C@@H](C(C)C)C(=O)N1C. The summed E-state index contributed by atoms with van der Waals surface area (Å²) in [6, 6.07) is -16.8. The number of ether oxygens (including phenoxy) is 1. The van der Waals surface area contributed by atoms with E-state index in [1.807, 2.05) is 41.5 Å². The minimum Gasteiger partial charge on any atom is -0.390 e. The highest BCUT2D eigenvalue weighted by Gasteiger charge is 2.48. The van der Waals surface area contributed by atoms with E-state index < -0.39 is 178 Å². The van der Waals surface area contributed by atoms with Crippen LogP contribution in [0.3, 0.4) is 0 Å². The van der Waals surface area contributed by atoms with Gasteiger partial charge in [-0.1, -0.05) is 95.2 Å². The Hall–Kier alpha value is -6.81. The Kier molecular flexibility index (Phi) is 35.4. The molecule has 1 saturated heterocycles.